The van der Waals surface area contributed by atoms with Crippen LogP contribution in [0.15, 0.2) is 24.3 Å². The first-order valence-electron chi connectivity index (χ1n) is 9.41. The van der Waals surface area contributed by atoms with Gasteiger partial charge in [0, 0.05) is 5.56 Å². The lowest BCUT2D eigenvalue weighted by Crippen LogP contribution is -2.55. The molecule has 1 aliphatic carbocycles. The van der Waals surface area contributed by atoms with Crippen LogP contribution in [0.4, 0.5) is 0 Å². The number of carbonyl (C=O) groups excluding carboxylic acids is 1. The lowest BCUT2D eigenvalue weighted by atomic mass is 9.70. The number of carboxylic acids is 1. The average Bonchev–Trinajstić information content (AvgIpc) is 2.93. The predicted molar refractivity (Wildman–Crippen MR) is 98.9 cm³/mol. The van der Waals surface area contributed by atoms with E-state index in [1.807, 2.05) is 19.1 Å². The minimum Gasteiger partial charge on any atom is -0.480 e. The lowest BCUT2D eigenvalue weighted by molar-refractivity contribution is -0.144. The number of hydrogen-bond donors (Lipinski definition) is 1. The molecule has 1 spiro atoms. The van der Waals surface area contributed by atoms with E-state index in [1.165, 1.54) is 4.90 Å². The van der Waals surface area contributed by atoms with E-state index >= 15 is 0 Å². The summed E-state index contributed by atoms with van der Waals surface area (Å²) >= 11 is 0. The third kappa shape index (κ3) is 3.37. The number of rotatable bonds is 2. The molecule has 0 radical (unpaired) electrons. The molecule has 5 nitrogen and oxygen atoms in total. The van der Waals surface area contributed by atoms with E-state index in [4.69, 9.17) is 4.74 Å². The van der Waals surface area contributed by atoms with Gasteiger partial charge in [0.25, 0.3) is 5.91 Å². The second-order valence-electron chi connectivity index (χ2n) is 8.79. The minimum absolute atomic E-state index is 0.0626. The van der Waals surface area contributed by atoms with Gasteiger partial charge >= 0.3 is 5.97 Å². The maximum atomic E-state index is 13.2. The summed E-state index contributed by atoms with van der Waals surface area (Å²) in [7, 11) is 0. The molecular formula is C21H29NO4. The van der Waals surface area contributed by atoms with E-state index in [0.29, 0.717) is 24.3 Å². The first kappa shape index (κ1) is 18.9. The number of benzene rings is 1. The quantitative estimate of drug-likeness (QED) is 0.871. The van der Waals surface area contributed by atoms with Gasteiger partial charge in [0.1, 0.15) is 5.72 Å². The molecule has 1 aliphatic heterocycles. The Balaban J connectivity index is 1.89. The van der Waals surface area contributed by atoms with Crippen LogP contribution in [0.1, 0.15) is 62.4 Å². The highest BCUT2D eigenvalue weighted by Gasteiger charge is 2.54. The van der Waals surface area contributed by atoms with Crippen LogP contribution in [-0.2, 0) is 9.53 Å². The zero-order valence-electron chi connectivity index (χ0n) is 16.1. The molecule has 1 aromatic carbocycles. The van der Waals surface area contributed by atoms with Gasteiger partial charge in [-0.05, 0) is 56.1 Å². The number of aryl methyl sites for hydroxylation is 1. The third-order valence-electron chi connectivity index (χ3n) is 6.05. The molecule has 1 amide bonds. The molecule has 1 aromatic rings. The zero-order valence-corrected chi connectivity index (χ0v) is 16.1. The van der Waals surface area contributed by atoms with Gasteiger partial charge in [-0.15, -0.1) is 0 Å². The highest BCUT2D eigenvalue weighted by molar-refractivity contribution is 5.97. The molecule has 2 fully saturated rings. The van der Waals surface area contributed by atoms with Crippen molar-refractivity contribution in [2.75, 3.05) is 6.61 Å². The Morgan fingerprint density at radius 2 is 1.73 bits per heavy atom. The van der Waals surface area contributed by atoms with Crippen molar-refractivity contribution in [3.05, 3.63) is 35.4 Å². The van der Waals surface area contributed by atoms with Crippen LogP contribution in [0, 0.1) is 18.3 Å². The van der Waals surface area contributed by atoms with Gasteiger partial charge in [-0.1, -0.05) is 38.5 Å². The van der Waals surface area contributed by atoms with Crippen LogP contribution < -0.4 is 0 Å². The number of amides is 1. The van der Waals surface area contributed by atoms with Crippen LogP contribution in [0.25, 0.3) is 0 Å². The smallest absolute Gasteiger partial charge is 0.328 e. The minimum atomic E-state index is -1.000. The van der Waals surface area contributed by atoms with Gasteiger partial charge in [0.05, 0.1) is 6.61 Å². The molecule has 0 aromatic heterocycles. The largest absolute Gasteiger partial charge is 0.480 e. The Hall–Kier alpha value is -1.88. The van der Waals surface area contributed by atoms with E-state index in [1.54, 1.807) is 12.1 Å². The summed E-state index contributed by atoms with van der Waals surface area (Å²) in [6, 6.07) is 6.37. The Kier molecular flexibility index (Phi) is 4.86. The van der Waals surface area contributed by atoms with Crippen molar-refractivity contribution in [3.63, 3.8) is 0 Å². The van der Waals surface area contributed by atoms with Gasteiger partial charge in [-0.2, -0.15) is 0 Å². The molecule has 1 N–H and O–H groups in total. The zero-order chi connectivity index (χ0) is 19.1. The first-order valence-corrected chi connectivity index (χ1v) is 9.41. The van der Waals surface area contributed by atoms with Crippen LogP contribution in [0.2, 0.25) is 0 Å². The number of carbonyl (C=O) groups is 2. The van der Waals surface area contributed by atoms with Crippen molar-refractivity contribution >= 4 is 11.9 Å². The van der Waals surface area contributed by atoms with Crippen molar-refractivity contribution in [3.8, 4) is 0 Å². The normalized spacial score (nSPS) is 29.2. The van der Waals surface area contributed by atoms with Crippen LogP contribution in [0.5, 0.6) is 0 Å². The Morgan fingerprint density at radius 3 is 2.23 bits per heavy atom. The summed E-state index contributed by atoms with van der Waals surface area (Å²) in [5.74, 6) is -0.693. The summed E-state index contributed by atoms with van der Waals surface area (Å²) in [6.07, 6.45) is 3.26. The maximum Gasteiger partial charge on any atom is 0.328 e. The molecule has 1 unspecified atom stereocenters. The molecule has 1 atom stereocenters. The number of ether oxygens (including phenoxy) is 1. The predicted octanol–water partition coefficient (Wildman–Crippen LogP) is 3.85. The van der Waals surface area contributed by atoms with Crippen LogP contribution in [0.3, 0.4) is 0 Å². The molecule has 1 saturated heterocycles. The van der Waals surface area contributed by atoms with E-state index in [0.717, 1.165) is 18.4 Å². The van der Waals surface area contributed by atoms with Crippen molar-refractivity contribution in [2.24, 2.45) is 11.3 Å². The fourth-order valence-electron chi connectivity index (χ4n) is 4.33. The highest BCUT2D eigenvalue weighted by Crippen LogP contribution is 2.47. The summed E-state index contributed by atoms with van der Waals surface area (Å²) in [6.45, 7) is 8.73. The van der Waals surface area contributed by atoms with E-state index in [2.05, 4.69) is 20.8 Å². The first-order chi connectivity index (χ1) is 12.1. The number of nitrogens with zero attached hydrogens (tertiary/aromatic N) is 1. The second kappa shape index (κ2) is 6.69. The fraction of sp³-hybridized carbons (Fsp3) is 0.619. The molecule has 0 bridgehead atoms. The van der Waals surface area contributed by atoms with Gasteiger partial charge < -0.3 is 9.84 Å². The van der Waals surface area contributed by atoms with Crippen LogP contribution in [-0.4, -0.2) is 40.3 Å². The lowest BCUT2D eigenvalue weighted by Gasteiger charge is -2.46. The number of hydrogen-bond acceptors (Lipinski definition) is 3. The summed E-state index contributed by atoms with van der Waals surface area (Å²) in [5.41, 5.74) is 1.00. The second-order valence-corrected chi connectivity index (χ2v) is 8.79. The number of carboxylic acid groups (broad SMARTS) is 1. The molecule has 2 aliphatic rings. The Morgan fingerprint density at radius 1 is 1.15 bits per heavy atom. The monoisotopic (exact) mass is 359 g/mol. The van der Waals surface area contributed by atoms with Crippen molar-refractivity contribution in [1.82, 2.24) is 4.90 Å². The maximum absolute atomic E-state index is 13.2. The van der Waals surface area contributed by atoms with Crippen molar-refractivity contribution in [2.45, 2.75) is 65.1 Å². The molecule has 1 heterocycles. The van der Waals surface area contributed by atoms with E-state index in [9.17, 15) is 14.7 Å². The molecular weight excluding hydrogens is 330 g/mol. The topological polar surface area (TPSA) is 66.8 Å². The summed E-state index contributed by atoms with van der Waals surface area (Å²) in [4.78, 5) is 26.5. The SMILES string of the molecule is Cc1ccc(C(=O)N2C(C(=O)O)COC23CCC(C(C)(C)C)CC3)cc1. The van der Waals surface area contributed by atoms with Crippen LogP contribution >= 0.6 is 0 Å². The van der Waals surface area contributed by atoms with Gasteiger partial charge in [0.15, 0.2) is 6.04 Å². The summed E-state index contributed by atoms with van der Waals surface area (Å²) < 4.78 is 6.02. The molecule has 142 valence electrons. The van der Waals surface area contributed by atoms with Gasteiger partial charge in [-0.25, -0.2) is 4.79 Å². The summed E-state index contributed by atoms with van der Waals surface area (Å²) in [5, 5.41) is 9.64. The molecule has 3 rings (SSSR count). The fourth-order valence-corrected chi connectivity index (χ4v) is 4.33. The molecule has 26 heavy (non-hydrogen) atoms. The van der Waals surface area contributed by atoms with Crippen molar-refractivity contribution < 1.29 is 19.4 Å². The molecule has 5 heteroatoms. The highest BCUT2D eigenvalue weighted by atomic mass is 16.5. The van der Waals surface area contributed by atoms with Gasteiger partial charge in [0.2, 0.25) is 0 Å². The van der Waals surface area contributed by atoms with Gasteiger partial charge in [-0.3, -0.25) is 9.69 Å². The number of aliphatic carboxylic acids is 1. The van der Waals surface area contributed by atoms with E-state index in [-0.39, 0.29) is 17.9 Å². The van der Waals surface area contributed by atoms with E-state index < -0.39 is 17.7 Å². The van der Waals surface area contributed by atoms with Crippen molar-refractivity contribution in [1.29, 1.82) is 0 Å². The standard InChI is InChI=1S/C21H29NO4/c1-14-5-7-15(8-6-14)18(23)22-17(19(24)25)13-26-21(22)11-9-16(10-12-21)20(2,3)4/h5-8,16-17H,9-13H2,1-4H3,(H,24,25). The Bertz CT molecular complexity index is 681. The third-order valence-corrected chi connectivity index (χ3v) is 6.05. The molecule has 1 saturated carbocycles. The Labute approximate surface area is 155 Å². The average molecular weight is 359 g/mol.